The van der Waals surface area contributed by atoms with Crippen LogP contribution in [0.5, 0.6) is 0 Å². The summed E-state index contributed by atoms with van der Waals surface area (Å²) in [6, 6.07) is 8.95. The molecule has 3 aliphatic carbocycles. The van der Waals surface area contributed by atoms with Crippen LogP contribution in [0.3, 0.4) is 0 Å². The number of hydrogen-bond acceptors (Lipinski definition) is 9. The van der Waals surface area contributed by atoms with Gasteiger partial charge in [0.2, 0.25) is 0 Å². The van der Waals surface area contributed by atoms with Crippen LogP contribution in [0.15, 0.2) is 95.2 Å². The summed E-state index contributed by atoms with van der Waals surface area (Å²) in [5.74, 6) is -0.754. The highest BCUT2D eigenvalue weighted by Crippen LogP contribution is 2.67. The third-order valence-corrected chi connectivity index (χ3v) is 15.3. The van der Waals surface area contributed by atoms with Gasteiger partial charge in [-0.15, -0.1) is 0 Å². The fourth-order valence-electron chi connectivity index (χ4n) is 11.7. The van der Waals surface area contributed by atoms with Gasteiger partial charge in [-0.05, 0) is 139 Å². The van der Waals surface area contributed by atoms with Crippen molar-refractivity contribution >= 4 is 6.29 Å². The van der Waals surface area contributed by atoms with Crippen LogP contribution in [0, 0.1) is 35.0 Å². The third-order valence-electron chi connectivity index (χ3n) is 15.3. The molecule has 4 bridgehead atoms. The van der Waals surface area contributed by atoms with Gasteiger partial charge in [-0.1, -0.05) is 110 Å². The first-order valence-electron chi connectivity index (χ1n) is 24.1. The Morgan fingerprint density at radius 2 is 1.95 bits per heavy atom. The maximum atomic E-state index is 13.1. The van der Waals surface area contributed by atoms with Gasteiger partial charge in [0.25, 0.3) is 0 Å². The van der Waals surface area contributed by atoms with Crippen LogP contribution in [0.4, 0.5) is 0 Å². The second-order valence-electron chi connectivity index (χ2n) is 19.7. The van der Waals surface area contributed by atoms with Crippen molar-refractivity contribution in [3.05, 3.63) is 106 Å². The van der Waals surface area contributed by atoms with Crippen molar-refractivity contribution in [2.24, 2.45) is 35.0 Å². The number of carbonyl (C=O) groups excluding carboxylic acids is 1. The van der Waals surface area contributed by atoms with E-state index < -0.39 is 17.1 Å². The summed E-state index contributed by atoms with van der Waals surface area (Å²) >= 11 is 0. The van der Waals surface area contributed by atoms with Crippen molar-refractivity contribution < 1.29 is 34.7 Å². The van der Waals surface area contributed by atoms with Gasteiger partial charge in [0.05, 0.1) is 31.0 Å². The highest BCUT2D eigenvalue weighted by Gasteiger charge is 2.68. The van der Waals surface area contributed by atoms with E-state index in [9.17, 15) is 25.2 Å². The van der Waals surface area contributed by atoms with Gasteiger partial charge in [-0.3, -0.25) is 4.79 Å². The second kappa shape index (κ2) is 24.0. The van der Waals surface area contributed by atoms with E-state index in [0.29, 0.717) is 50.8 Å². The van der Waals surface area contributed by atoms with E-state index in [1.165, 1.54) is 16.7 Å². The van der Waals surface area contributed by atoms with Gasteiger partial charge < -0.3 is 40.5 Å². The molecule has 63 heavy (non-hydrogen) atoms. The number of aliphatic hydroxyl groups excluding tert-OH is 3. The molecule has 1 aliphatic heterocycles. The topological polar surface area (TPSA) is 141 Å². The molecule has 10 unspecified atom stereocenters. The van der Waals surface area contributed by atoms with Crippen LogP contribution in [0.25, 0.3) is 0 Å². The lowest BCUT2D eigenvalue weighted by molar-refractivity contribution is -0.194. The predicted molar refractivity (Wildman–Crippen MR) is 255 cm³/mol. The van der Waals surface area contributed by atoms with Crippen LogP contribution >= 0.6 is 0 Å². The first kappa shape index (κ1) is 51.0. The van der Waals surface area contributed by atoms with E-state index in [-0.39, 0.29) is 61.1 Å². The van der Waals surface area contributed by atoms with Gasteiger partial charge in [0.15, 0.2) is 0 Å². The normalized spacial score (nSPS) is 32.6. The standard InChI is InChI=1S/C54H82N2O7/c1-8-9-10-17-47(36-59)63-37-46(16-11-13-39(3)44-19-18-38(2)34-56-52(5,26-29-62-7)32-42-15-12-14-41(30-42)31-44)48-22-24-54(51(48)60)50-43(23-28-57)20-21-45(49(50)40(4)35-58)33-53(54,61)25-27-55-6/h11-16,18,20-21,30,35,43-45,47-48,50-51,55-57,59-61H,3,8-10,17,19,22-29,31-34,36-37H2,1-2,4-7H3. The van der Waals surface area contributed by atoms with E-state index in [2.05, 4.69) is 98.7 Å². The zero-order valence-electron chi connectivity index (χ0n) is 39.5. The lowest BCUT2D eigenvalue weighted by Gasteiger charge is -2.61. The first-order chi connectivity index (χ1) is 30.3. The number of methoxy groups -OCH3 is 1. The van der Waals surface area contributed by atoms with Crippen molar-refractivity contribution in [1.82, 2.24) is 10.6 Å². The molecule has 0 saturated heterocycles. The molecule has 0 aromatic heterocycles. The summed E-state index contributed by atoms with van der Waals surface area (Å²) in [6.45, 7) is 15.3. The number of rotatable bonds is 21. The average Bonchev–Trinajstić information content (AvgIpc) is 3.62. The molecule has 10 atom stereocenters. The number of allylic oxidation sites excluding steroid dienone is 9. The molecule has 9 nitrogen and oxygen atoms in total. The quantitative estimate of drug-likeness (QED) is 0.0239. The zero-order valence-corrected chi connectivity index (χ0v) is 39.5. The number of aliphatic hydroxyl groups is 4. The van der Waals surface area contributed by atoms with Crippen LogP contribution in [0.1, 0.15) is 109 Å². The second-order valence-corrected chi connectivity index (χ2v) is 19.7. The van der Waals surface area contributed by atoms with E-state index in [4.69, 9.17) is 9.47 Å². The summed E-state index contributed by atoms with van der Waals surface area (Å²) in [5, 5.41) is 53.9. The smallest absolute Gasteiger partial charge is 0.145 e. The summed E-state index contributed by atoms with van der Waals surface area (Å²) in [6.07, 6.45) is 22.4. The van der Waals surface area contributed by atoms with Crippen molar-refractivity contribution in [3.63, 3.8) is 0 Å². The van der Waals surface area contributed by atoms with Crippen LogP contribution in [-0.2, 0) is 27.1 Å². The van der Waals surface area contributed by atoms with Crippen molar-refractivity contribution in [2.75, 3.05) is 53.7 Å². The van der Waals surface area contributed by atoms with Gasteiger partial charge in [-0.25, -0.2) is 0 Å². The van der Waals surface area contributed by atoms with E-state index in [1.807, 2.05) is 14.0 Å². The molecule has 1 spiro atoms. The Labute approximate surface area is 379 Å². The molecular formula is C54H82N2O7. The third kappa shape index (κ3) is 12.3. The SMILES string of the molecule is C=C(C=CC=C(COC(CO)CCCCC)C1CCC2(C1O)C1C(=C(C)C=O)C(C=CC1CCO)CC2(O)CCNC)C1CC=C(C)CNC(C)(CCOC)Cc2cccc(c2)C1. The van der Waals surface area contributed by atoms with Crippen molar-refractivity contribution in [1.29, 1.82) is 0 Å². The van der Waals surface area contributed by atoms with Gasteiger partial charge in [0.1, 0.15) is 6.29 Å². The number of aldehydes is 1. The van der Waals surface area contributed by atoms with E-state index >= 15 is 0 Å². The van der Waals surface area contributed by atoms with Crippen molar-refractivity contribution in [3.8, 4) is 0 Å². The van der Waals surface area contributed by atoms with Gasteiger partial charge in [0, 0.05) is 49.7 Å². The Balaban J connectivity index is 1.51. The van der Waals surface area contributed by atoms with Gasteiger partial charge >= 0.3 is 0 Å². The molecule has 9 heteroatoms. The number of benzene rings is 1. The Morgan fingerprint density at radius 1 is 1.16 bits per heavy atom. The molecule has 0 radical (unpaired) electrons. The minimum absolute atomic E-state index is 0.0324. The molecule has 1 heterocycles. The van der Waals surface area contributed by atoms with E-state index in [0.717, 1.165) is 80.9 Å². The Morgan fingerprint density at radius 3 is 2.67 bits per heavy atom. The lowest BCUT2D eigenvalue weighted by atomic mass is 9.45. The lowest BCUT2D eigenvalue weighted by Crippen LogP contribution is -2.65. The molecule has 350 valence electrons. The minimum Gasteiger partial charge on any atom is -0.396 e. The number of hydrogen-bond donors (Lipinski definition) is 6. The van der Waals surface area contributed by atoms with Gasteiger partial charge in [-0.2, -0.15) is 0 Å². The summed E-state index contributed by atoms with van der Waals surface area (Å²) in [5.41, 5.74) is 5.18. The molecule has 1 aromatic rings. The fraction of sp³-hybridized carbons (Fsp3) is 0.648. The fourth-order valence-corrected chi connectivity index (χ4v) is 11.7. The van der Waals surface area contributed by atoms with Crippen molar-refractivity contribution in [2.45, 2.75) is 135 Å². The largest absolute Gasteiger partial charge is 0.396 e. The summed E-state index contributed by atoms with van der Waals surface area (Å²) in [4.78, 5) is 12.5. The average molecular weight is 871 g/mol. The molecule has 2 fully saturated rings. The number of ether oxygens (including phenoxy) is 2. The zero-order chi connectivity index (χ0) is 45.6. The van der Waals surface area contributed by atoms with E-state index in [1.54, 1.807) is 7.11 Å². The maximum absolute atomic E-state index is 13.1. The monoisotopic (exact) mass is 871 g/mol. The highest BCUT2D eigenvalue weighted by atomic mass is 16.5. The van der Waals surface area contributed by atoms with Crippen LogP contribution in [-0.4, -0.2) is 104 Å². The van der Waals surface area contributed by atoms with Crippen LogP contribution < -0.4 is 10.6 Å². The van der Waals surface area contributed by atoms with Crippen LogP contribution in [0.2, 0.25) is 0 Å². The minimum atomic E-state index is -1.23. The molecule has 5 rings (SSSR count). The number of fused-ring (bicyclic) bond motifs is 5. The Hall–Kier alpha value is -2.99. The molecule has 0 amide bonds. The Bertz CT molecular complexity index is 1820. The molecule has 1 aromatic carbocycles. The highest BCUT2D eigenvalue weighted by molar-refractivity contribution is 5.74. The molecule has 4 aliphatic rings. The summed E-state index contributed by atoms with van der Waals surface area (Å²) in [7, 11) is 3.65. The molecule has 6 N–H and O–H groups in total. The molecular weight excluding hydrogens is 789 g/mol. The predicted octanol–water partition coefficient (Wildman–Crippen LogP) is 7.94. The first-order valence-corrected chi connectivity index (χ1v) is 24.1. The molecule has 2 saturated carbocycles. The number of carbonyl (C=O) groups is 1. The number of unbranched alkanes of at least 4 members (excludes halogenated alkanes) is 2. The summed E-state index contributed by atoms with van der Waals surface area (Å²) < 4.78 is 12.0. The Kier molecular flexibility index (Phi) is 19.4. The maximum Gasteiger partial charge on any atom is 0.145 e. The number of nitrogens with one attached hydrogen (secondary N) is 2.